The Kier molecular flexibility index (Phi) is 7.28. The van der Waals surface area contributed by atoms with Gasteiger partial charge in [-0.15, -0.1) is 0 Å². The van der Waals surface area contributed by atoms with E-state index in [1.165, 1.54) is 122 Å². The first-order valence-corrected chi connectivity index (χ1v) is 24.6. The van der Waals surface area contributed by atoms with E-state index < -0.39 is 0 Å². The van der Waals surface area contributed by atoms with Crippen molar-refractivity contribution >= 4 is 17.1 Å². The van der Waals surface area contributed by atoms with E-state index in [0.717, 1.165) is 23.7 Å². The molecule has 0 radical (unpaired) electrons. The van der Waals surface area contributed by atoms with Crippen LogP contribution in [0.1, 0.15) is 113 Å². The van der Waals surface area contributed by atoms with Gasteiger partial charge in [0.1, 0.15) is 0 Å². The highest BCUT2D eigenvalue weighted by Gasteiger charge is 2.84. The second-order valence-corrected chi connectivity index (χ2v) is 23.2. The van der Waals surface area contributed by atoms with Gasteiger partial charge in [-0.1, -0.05) is 157 Å². The standard InChI is InChI=1S/C63H59N/c1-59(2)30-31-60(3,4)58-49(17-13-20-52(58)59)48-16-9-12-21-55(48)64(43-27-29-46-44-14-7-10-18-50(44)61(5,6)53(46)36-43)42-25-22-39(23-26-42)40-24-28-47-45-15-8-11-19-51(45)63(54(47)34-40)56-33-38-32-41-35-57(63)62(41,56)37-38/h7-29,34,36,38,41,56-57H,30-33,35,37H2,1-6H3. The predicted octanol–water partition coefficient (Wildman–Crippen LogP) is 16.5. The van der Waals surface area contributed by atoms with Crippen molar-refractivity contribution in [3.8, 4) is 44.5 Å². The third-order valence-corrected chi connectivity index (χ3v) is 19.2. The quantitative estimate of drug-likeness (QED) is 0.167. The fourth-order valence-corrected chi connectivity index (χ4v) is 16.4. The molecule has 0 amide bonds. The molecule has 316 valence electrons. The van der Waals surface area contributed by atoms with Crippen molar-refractivity contribution in [1.82, 2.24) is 0 Å². The average Bonchev–Trinajstić information content (AvgIpc) is 4.00. The van der Waals surface area contributed by atoms with Crippen molar-refractivity contribution in [2.75, 3.05) is 4.90 Å². The summed E-state index contributed by atoms with van der Waals surface area (Å²) in [5.74, 6) is 3.57. The van der Waals surface area contributed by atoms with Gasteiger partial charge in [-0.05, 0) is 187 Å². The van der Waals surface area contributed by atoms with Gasteiger partial charge in [-0.2, -0.15) is 0 Å². The van der Waals surface area contributed by atoms with Crippen molar-refractivity contribution in [3.63, 3.8) is 0 Å². The van der Waals surface area contributed by atoms with E-state index in [0.29, 0.717) is 5.41 Å². The third kappa shape index (κ3) is 4.52. The summed E-state index contributed by atoms with van der Waals surface area (Å²) >= 11 is 0. The molecular formula is C63H59N. The SMILES string of the molecule is CC1(C)CCC(C)(C)c2c(-c3ccccc3N(c3ccc(-c4ccc5c(c4)C4(c6ccccc6-5)C5CC6CC7CC4C75C6)cc3)c3ccc4c(c3)C(C)(C)c3ccccc3-4)cccc21. The Bertz CT molecular complexity index is 3140. The van der Waals surface area contributed by atoms with Crippen molar-refractivity contribution in [2.24, 2.45) is 29.1 Å². The van der Waals surface area contributed by atoms with Crippen LogP contribution in [0, 0.1) is 29.1 Å². The van der Waals surface area contributed by atoms with Crippen LogP contribution in [0.15, 0.2) is 152 Å². The minimum atomic E-state index is -0.103. The van der Waals surface area contributed by atoms with E-state index in [9.17, 15) is 0 Å². The minimum Gasteiger partial charge on any atom is -0.310 e. The fourth-order valence-electron chi connectivity index (χ4n) is 16.4. The first-order valence-electron chi connectivity index (χ1n) is 24.6. The predicted molar refractivity (Wildman–Crippen MR) is 266 cm³/mol. The number of anilines is 3. The van der Waals surface area contributed by atoms with Crippen molar-refractivity contribution < 1.29 is 0 Å². The van der Waals surface area contributed by atoms with E-state index in [4.69, 9.17) is 0 Å². The molecule has 4 saturated carbocycles. The van der Waals surface area contributed by atoms with Crippen LogP contribution < -0.4 is 4.90 Å². The largest absolute Gasteiger partial charge is 0.310 e. The molecule has 0 aromatic heterocycles. The number of rotatable bonds is 5. The summed E-state index contributed by atoms with van der Waals surface area (Å²) in [6, 6.07) is 59.3. The van der Waals surface area contributed by atoms with Gasteiger partial charge in [0.2, 0.25) is 0 Å². The summed E-state index contributed by atoms with van der Waals surface area (Å²) in [6.07, 6.45) is 8.26. The van der Waals surface area contributed by atoms with Crippen LogP contribution in [0.2, 0.25) is 0 Å². The van der Waals surface area contributed by atoms with Gasteiger partial charge in [0.25, 0.3) is 0 Å². The van der Waals surface area contributed by atoms with Gasteiger partial charge in [-0.25, -0.2) is 0 Å². The molecule has 7 aromatic rings. The van der Waals surface area contributed by atoms with Crippen LogP contribution in [0.5, 0.6) is 0 Å². The summed E-state index contributed by atoms with van der Waals surface area (Å²) < 4.78 is 0. The van der Waals surface area contributed by atoms with Crippen LogP contribution >= 0.6 is 0 Å². The Labute approximate surface area is 380 Å². The topological polar surface area (TPSA) is 3.24 Å². The summed E-state index contributed by atoms with van der Waals surface area (Å²) in [5.41, 5.74) is 24.6. The van der Waals surface area contributed by atoms with Crippen LogP contribution in [0.25, 0.3) is 44.5 Å². The zero-order chi connectivity index (χ0) is 43.1. The van der Waals surface area contributed by atoms with E-state index in [2.05, 4.69) is 198 Å². The maximum atomic E-state index is 2.64. The monoisotopic (exact) mass is 829 g/mol. The second kappa shape index (κ2) is 12.4. The van der Waals surface area contributed by atoms with Gasteiger partial charge >= 0.3 is 0 Å². The Hall–Kier alpha value is -5.66. The average molecular weight is 830 g/mol. The maximum Gasteiger partial charge on any atom is 0.0540 e. The summed E-state index contributed by atoms with van der Waals surface area (Å²) in [4.78, 5) is 2.56. The lowest BCUT2D eigenvalue weighted by Crippen LogP contribution is -2.73. The molecule has 1 heteroatoms. The van der Waals surface area contributed by atoms with Gasteiger partial charge < -0.3 is 4.90 Å². The van der Waals surface area contributed by atoms with Gasteiger partial charge in [0, 0.05) is 27.8 Å². The Morgan fingerprint density at radius 3 is 1.83 bits per heavy atom. The highest BCUT2D eigenvalue weighted by Crippen LogP contribution is 2.89. The Morgan fingerprint density at radius 1 is 0.438 bits per heavy atom. The molecule has 0 aliphatic heterocycles. The molecule has 14 rings (SSSR count). The summed E-state index contributed by atoms with van der Waals surface area (Å²) in [5, 5.41) is 0. The van der Waals surface area contributed by atoms with Crippen LogP contribution in [-0.2, 0) is 21.7 Å². The molecule has 64 heavy (non-hydrogen) atoms. The van der Waals surface area contributed by atoms with E-state index >= 15 is 0 Å². The van der Waals surface area contributed by atoms with Crippen LogP contribution in [0.3, 0.4) is 0 Å². The first-order chi connectivity index (χ1) is 30.9. The number of hydrogen-bond acceptors (Lipinski definition) is 1. The molecule has 7 aliphatic rings. The van der Waals surface area contributed by atoms with Crippen molar-refractivity contribution in [1.29, 1.82) is 0 Å². The van der Waals surface area contributed by atoms with Gasteiger partial charge in [0.05, 0.1) is 5.69 Å². The molecule has 0 saturated heterocycles. The van der Waals surface area contributed by atoms with Crippen molar-refractivity contribution in [3.05, 3.63) is 185 Å². The Morgan fingerprint density at radius 2 is 1.03 bits per heavy atom. The lowest BCUT2D eigenvalue weighted by Gasteiger charge is -2.76. The highest BCUT2D eigenvalue weighted by atomic mass is 15.1. The molecule has 2 bridgehead atoms. The fraction of sp³-hybridized carbons (Fsp3) is 0.333. The highest BCUT2D eigenvalue weighted by molar-refractivity contribution is 5.93. The molecule has 7 aliphatic carbocycles. The Balaban J connectivity index is 0.916. The molecule has 6 unspecified atom stereocenters. The zero-order valence-corrected chi connectivity index (χ0v) is 38.4. The molecule has 1 nitrogen and oxygen atoms in total. The first kappa shape index (κ1) is 37.7. The molecule has 7 aromatic carbocycles. The zero-order valence-electron chi connectivity index (χ0n) is 38.4. The number of para-hydroxylation sites is 1. The van der Waals surface area contributed by atoms with Gasteiger partial charge in [0.15, 0.2) is 0 Å². The molecule has 2 spiro atoms. The minimum absolute atomic E-state index is 0.0674. The molecule has 6 atom stereocenters. The normalized spacial score (nSPS) is 28.0. The van der Waals surface area contributed by atoms with Gasteiger partial charge in [-0.3, -0.25) is 0 Å². The third-order valence-electron chi connectivity index (χ3n) is 19.2. The van der Waals surface area contributed by atoms with E-state index in [1.807, 2.05) is 0 Å². The smallest absolute Gasteiger partial charge is 0.0540 e. The molecule has 0 N–H and O–H groups in total. The van der Waals surface area contributed by atoms with E-state index in [-0.39, 0.29) is 21.7 Å². The van der Waals surface area contributed by atoms with Crippen LogP contribution in [-0.4, -0.2) is 0 Å². The molecule has 0 heterocycles. The number of benzene rings is 7. The second-order valence-electron chi connectivity index (χ2n) is 23.2. The van der Waals surface area contributed by atoms with E-state index in [1.54, 1.807) is 11.1 Å². The molecular weight excluding hydrogens is 771 g/mol. The lowest BCUT2D eigenvalue weighted by molar-refractivity contribution is -0.231. The van der Waals surface area contributed by atoms with Crippen LogP contribution in [0.4, 0.5) is 17.1 Å². The summed E-state index contributed by atoms with van der Waals surface area (Å²) in [6.45, 7) is 14.6. The maximum absolute atomic E-state index is 2.64. The number of hydrogen-bond donors (Lipinski definition) is 0. The summed E-state index contributed by atoms with van der Waals surface area (Å²) in [7, 11) is 0. The number of nitrogens with zero attached hydrogens (tertiary/aromatic N) is 1. The lowest BCUT2D eigenvalue weighted by atomic mass is 9.27. The molecule has 4 fully saturated rings. The number of fused-ring (bicyclic) bond motifs is 12. The van der Waals surface area contributed by atoms with Crippen molar-refractivity contribution in [2.45, 2.75) is 102 Å².